The van der Waals surface area contributed by atoms with Crippen molar-refractivity contribution in [2.45, 2.75) is 19.5 Å². The Labute approximate surface area is 198 Å². The zero-order valence-corrected chi connectivity index (χ0v) is 19.1. The zero-order valence-electron chi connectivity index (χ0n) is 18.4. The minimum Gasteiger partial charge on any atom is -0.479 e. The summed E-state index contributed by atoms with van der Waals surface area (Å²) in [4.78, 5) is 14.3. The summed E-state index contributed by atoms with van der Waals surface area (Å²) in [5, 5.41) is 0. The number of anilines is 2. The number of rotatable bonds is 8. The van der Waals surface area contributed by atoms with Crippen molar-refractivity contribution in [1.29, 1.82) is 0 Å². The third kappa shape index (κ3) is 4.86. The first-order chi connectivity index (χ1) is 16.3. The van der Waals surface area contributed by atoms with Gasteiger partial charge < -0.3 is 13.7 Å². The summed E-state index contributed by atoms with van der Waals surface area (Å²) in [5.41, 5.74) is 1.07. The number of aromatic nitrogens is 4. The number of halogens is 4. The highest BCUT2D eigenvalue weighted by molar-refractivity contribution is 6.17. The van der Waals surface area contributed by atoms with Crippen molar-refractivity contribution in [3.05, 3.63) is 66.4 Å². The fourth-order valence-corrected chi connectivity index (χ4v) is 3.58. The molecule has 7 nitrogen and oxygen atoms in total. The normalized spacial score (nSPS) is 11.6. The van der Waals surface area contributed by atoms with E-state index in [2.05, 4.69) is 15.0 Å². The SMILES string of the molecule is COc1nc(-c2cnc(N(CCCCl)c3ccccc3C(F)(F)F)o2)ccc1-n1cnc(C)c1. The maximum atomic E-state index is 13.6. The van der Waals surface area contributed by atoms with Crippen molar-refractivity contribution in [3.63, 3.8) is 0 Å². The Bertz CT molecular complexity index is 1270. The van der Waals surface area contributed by atoms with E-state index in [-0.39, 0.29) is 29.9 Å². The van der Waals surface area contributed by atoms with Crippen LogP contribution in [0.3, 0.4) is 0 Å². The monoisotopic (exact) mass is 491 g/mol. The molecule has 0 N–H and O–H groups in total. The lowest BCUT2D eigenvalue weighted by Gasteiger charge is -2.24. The van der Waals surface area contributed by atoms with Crippen LogP contribution in [-0.4, -0.2) is 39.1 Å². The molecule has 0 aliphatic rings. The maximum absolute atomic E-state index is 13.6. The average Bonchev–Trinajstić information content (AvgIpc) is 3.48. The molecule has 0 saturated heterocycles. The van der Waals surface area contributed by atoms with E-state index in [0.717, 1.165) is 11.8 Å². The van der Waals surface area contributed by atoms with Gasteiger partial charge in [-0.2, -0.15) is 13.2 Å². The fourth-order valence-electron chi connectivity index (χ4n) is 3.46. The number of para-hydroxylation sites is 1. The maximum Gasteiger partial charge on any atom is 0.418 e. The third-order valence-corrected chi connectivity index (χ3v) is 5.28. The van der Waals surface area contributed by atoms with Crippen molar-refractivity contribution in [2.24, 2.45) is 0 Å². The summed E-state index contributed by atoms with van der Waals surface area (Å²) in [6.07, 6.45) is 0.785. The van der Waals surface area contributed by atoms with Gasteiger partial charge in [0, 0.05) is 18.6 Å². The Morgan fingerprint density at radius 2 is 1.94 bits per heavy atom. The first-order valence-corrected chi connectivity index (χ1v) is 10.9. The van der Waals surface area contributed by atoms with E-state index >= 15 is 0 Å². The molecule has 0 fully saturated rings. The van der Waals surface area contributed by atoms with E-state index < -0.39 is 11.7 Å². The predicted molar refractivity (Wildman–Crippen MR) is 122 cm³/mol. The number of hydrogen-bond acceptors (Lipinski definition) is 6. The van der Waals surface area contributed by atoms with E-state index in [1.807, 2.05) is 13.1 Å². The highest BCUT2D eigenvalue weighted by Gasteiger charge is 2.35. The Morgan fingerprint density at radius 1 is 1.15 bits per heavy atom. The van der Waals surface area contributed by atoms with Crippen LogP contribution >= 0.6 is 11.6 Å². The summed E-state index contributed by atoms with van der Waals surface area (Å²) >= 11 is 5.82. The molecular formula is C23H21ClF3N5O2. The molecule has 0 amide bonds. The molecule has 0 unspecified atom stereocenters. The van der Waals surface area contributed by atoms with Crippen LogP contribution in [0.2, 0.25) is 0 Å². The molecule has 34 heavy (non-hydrogen) atoms. The van der Waals surface area contributed by atoms with Gasteiger partial charge in [0.25, 0.3) is 0 Å². The van der Waals surface area contributed by atoms with Gasteiger partial charge >= 0.3 is 12.2 Å². The van der Waals surface area contributed by atoms with Crippen LogP contribution in [0.5, 0.6) is 5.88 Å². The molecule has 4 rings (SSSR count). The van der Waals surface area contributed by atoms with Crippen LogP contribution in [0.4, 0.5) is 24.9 Å². The predicted octanol–water partition coefficient (Wildman–Crippen LogP) is 6.03. The van der Waals surface area contributed by atoms with Crippen LogP contribution in [0.15, 0.2) is 59.5 Å². The number of pyridine rings is 1. The van der Waals surface area contributed by atoms with Crippen LogP contribution in [0.25, 0.3) is 17.1 Å². The minimum absolute atomic E-state index is 0.00638. The third-order valence-electron chi connectivity index (χ3n) is 5.02. The van der Waals surface area contributed by atoms with Gasteiger partial charge in [0.05, 0.1) is 36.6 Å². The van der Waals surface area contributed by atoms with Crippen molar-refractivity contribution in [1.82, 2.24) is 19.5 Å². The van der Waals surface area contributed by atoms with Gasteiger partial charge in [-0.25, -0.2) is 15.0 Å². The molecule has 0 radical (unpaired) electrons. The van der Waals surface area contributed by atoms with Gasteiger partial charge in [-0.1, -0.05) is 12.1 Å². The number of oxazole rings is 1. The Balaban J connectivity index is 1.71. The topological polar surface area (TPSA) is 69.2 Å². The van der Waals surface area contributed by atoms with Crippen molar-refractivity contribution in [2.75, 3.05) is 24.4 Å². The zero-order chi connectivity index (χ0) is 24.3. The number of aryl methyl sites for hydroxylation is 1. The summed E-state index contributed by atoms with van der Waals surface area (Å²) in [5.74, 6) is 0.878. The summed E-state index contributed by atoms with van der Waals surface area (Å²) in [6, 6.07) is 8.78. The molecule has 0 bridgehead atoms. The van der Waals surface area contributed by atoms with Crippen molar-refractivity contribution in [3.8, 4) is 23.0 Å². The molecule has 3 aromatic heterocycles. The van der Waals surface area contributed by atoms with E-state index in [0.29, 0.717) is 23.7 Å². The smallest absolute Gasteiger partial charge is 0.418 e. The number of methoxy groups -OCH3 is 1. The van der Waals surface area contributed by atoms with Gasteiger partial charge in [0.15, 0.2) is 5.76 Å². The molecular weight excluding hydrogens is 471 g/mol. The van der Waals surface area contributed by atoms with Gasteiger partial charge in [0.1, 0.15) is 11.4 Å². The minimum atomic E-state index is -4.54. The van der Waals surface area contributed by atoms with Gasteiger partial charge in [-0.15, -0.1) is 11.6 Å². The molecule has 0 saturated carbocycles. The highest BCUT2D eigenvalue weighted by Crippen LogP contribution is 2.39. The largest absolute Gasteiger partial charge is 0.479 e. The van der Waals surface area contributed by atoms with E-state index in [1.54, 1.807) is 23.0 Å². The summed E-state index contributed by atoms with van der Waals surface area (Å²) in [7, 11) is 1.49. The lowest BCUT2D eigenvalue weighted by molar-refractivity contribution is -0.137. The number of alkyl halides is 4. The second-order valence-electron chi connectivity index (χ2n) is 7.36. The number of benzene rings is 1. The van der Waals surface area contributed by atoms with E-state index in [1.165, 1.54) is 36.4 Å². The highest BCUT2D eigenvalue weighted by atomic mass is 35.5. The number of ether oxygens (including phenoxy) is 1. The van der Waals surface area contributed by atoms with Crippen LogP contribution in [0, 0.1) is 6.92 Å². The Morgan fingerprint density at radius 3 is 2.62 bits per heavy atom. The van der Waals surface area contributed by atoms with E-state index in [4.69, 9.17) is 20.8 Å². The molecule has 178 valence electrons. The molecule has 1 aromatic carbocycles. The molecule has 3 heterocycles. The summed E-state index contributed by atoms with van der Waals surface area (Å²) in [6.45, 7) is 2.06. The first kappa shape index (κ1) is 23.6. The lowest BCUT2D eigenvalue weighted by atomic mass is 10.1. The molecule has 4 aromatic rings. The Kier molecular flexibility index (Phi) is 6.78. The second-order valence-corrected chi connectivity index (χ2v) is 7.74. The number of hydrogen-bond donors (Lipinski definition) is 0. The number of nitrogens with zero attached hydrogens (tertiary/aromatic N) is 5. The average molecular weight is 492 g/mol. The molecule has 0 spiro atoms. The van der Waals surface area contributed by atoms with E-state index in [9.17, 15) is 13.2 Å². The Hall–Kier alpha value is -3.53. The van der Waals surface area contributed by atoms with Crippen molar-refractivity contribution >= 4 is 23.3 Å². The quantitative estimate of drug-likeness (QED) is 0.280. The first-order valence-electron chi connectivity index (χ1n) is 10.3. The van der Waals surface area contributed by atoms with Gasteiger partial charge in [0.2, 0.25) is 5.88 Å². The molecule has 0 aliphatic heterocycles. The molecule has 11 heteroatoms. The van der Waals surface area contributed by atoms with Crippen molar-refractivity contribution < 1.29 is 22.3 Å². The van der Waals surface area contributed by atoms with Crippen LogP contribution in [0.1, 0.15) is 17.7 Å². The molecule has 0 aliphatic carbocycles. The second kappa shape index (κ2) is 9.76. The van der Waals surface area contributed by atoms with Crippen LogP contribution in [-0.2, 0) is 6.18 Å². The fraction of sp³-hybridized carbons (Fsp3) is 0.261. The van der Waals surface area contributed by atoms with Gasteiger partial charge in [-0.3, -0.25) is 4.90 Å². The standard InChI is InChI=1S/C23H21ClF3N5O2/c1-15-13-31(14-29-15)19-9-8-17(30-21(19)33-2)20-12-28-22(34-20)32(11-5-10-24)18-7-4-3-6-16(18)23(25,26)27/h3-4,6-9,12-14H,5,10-11H2,1-2H3. The number of imidazole rings is 1. The van der Waals surface area contributed by atoms with Crippen LogP contribution < -0.4 is 9.64 Å². The lowest BCUT2D eigenvalue weighted by Crippen LogP contribution is -2.22. The molecule has 0 atom stereocenters. The summed E-state index contributed by atoms with van der Waals surface area (Å²) < 4.78 is 54.0. The van der Waals surface area contributed by atoms with Gasteiger partial charge in [-0.05, 0) is 37.6 Å².